The van der Waals surface area contributed by atoms with Crippen molar-refractivity contribution >= 4 is 33.7 Å². The van der Waals surface area contributed by atoms with Gasteiger partial charge in [-0.1, -0.05) is 11.3 Å². The number of aromatic nitrogens is 5. The van der Waals surface area contributed by atoms with Crippen molar-refractivity contribution in [1.29, 1.82) is 0 Å². The summed E-state index contributed by atoms with van der Waals surface area (Å²) < 4.78 is 2.02. The minimum Gasteiger partial charge on any atom is -0.383 e. The van der Waals surface area contributed by atoms with Crippen LogP contribution in [-0.4, -0.2) is 48.9 Å². The Hall–Kier alpha value is -3.55. The Balaban J connectivity index is 1.61. The zero-order valence-corrected chi connectivity index (χ0v) is 17.0. The summed E-state index contributed by atoms with van der Waals surface area (Å²) in [6.07, 6.45) is 5.30. The molecule has 2 N–H and O–H groups in total. The average molecular weight is 401 g/mol. The highest BCUT2D eigenvalue weighted by atomic mass is 16.2. The number of anilines is 1. The van der Waals surface area contributed by atoms with Crippen molar-refractivity contribution in [2.45, 2.75) is 32.7 Å². The van der Waals surface area contributed by atoms with Crippen LogP contribution in [0.3, 0.4) is 0 Å². The van der Waals surface area contributed by atoms with Gasteiger partial charge in [-0.3, -0.25) is 9.78 Å². The van der Waals surface area contributed by atoms with Gasteiger partial charge >= 0.3 is 0 Å². The molecule has 5 rings (SSSR count). The summed E-state index contributed by atoms with van der Waals surface area (Å²) in [5.41, 5.74) is 11.6. The second-order valence-corrected chi connectivity index (χ2v) is 7.92. The van der Waals surface area contributed by atoms with E-state index in [1.54, 1.807) is 19.3 Å². The van der Waals surface area contributed by atoms with Gasteiger partial charge in [0.25, 0.3) is 0 Å². The van der Waals surface area contributed by atoms with Crippen LogP contribution in [0, 0.1) is 6.92 Å². The minimum atomic E-state index is 0.128. The van der Waals surface area contributed by atoms with Gasteiger partial charge in [-0.05, 0) is 49.1 Å². The number of fused-ring (bicyclic) bond motifs is 3. The number of nitrogen functional groups attached to an aromatic ring is 1. The molecule has 152 valence electrons. The molecule has 8 heteroatoms. The number of nitrogens with two attached hydrogens (primary N) is 1. The van der Waals surface area contributed by atoms with Crippen LogP contribution in [0.2, 0.25) is 0 Å². The van der Waals surface area contributed by atoms with E-state index >= 15 is 0 Å². The van der Waals surface area contributed by atoms with Gasteiger partial charge in [0, 0.05) is 37.2 Å². The molecule has 0 radical (unpaired) electrons. The van der Waals surface area contributed by atoms with Gasteiger partial charge in [-0.2, -0.15) is 0 Å². The first-order valence-corrected chi connectivity index (χ1v) is 10.1. The molecule has 0 aliphatic carbocycles. The molecule has 8 nitrogen and oxygen atoms in total. The Labute approximate surface area is 173 Å². The van der Waals surface area contributed by atoms with Crippen LogP contribution >= 0.6 is 0 Å². The number of amides is 1. The van der Waals surface area contributed by atoms with Crippen LogP contribution in [0.4, 0.5) is 5.82 Å². The molecule has 0 spiro atoms. The molecule has 0 atom stereocenters. The van der Waals surface area contributed by atoms with E-state index in [-0.39, 0.29) is 11.9 Å². The number of aryl methyl sites for hydroxylation is 1. The third-order valence-electron chi connectivity index (χ3n) is 6.01. The molecule has 1 fully saturated rings. The first-order valence-electron chi connectivity index (χ1n) is 10.1. The standard InChI is InChI=1S/C22H23N7O/c1-13-9-16(11-25-22(13)23)15-3-4-19-18(10-15)21-20(12-24-19)26-27-29(21)17-5-7-28(8-6-17)14(2)30/h3-4,9-12,17H,5-8H2,1-2H3,(H2,23,25). The summed E-state index contributed by atoms with van der Waals surface area (Å²) in [7, 11) is 0. The Bertz CT molecular complexity index is 1270. The lowest BCUT2D eigenvalue weighted by atomic mass is 10.0. The lowest BCUT2D eigenvalue weighted by molar-refractivity contribution is -0.130. The Kier molecular flexibility index (Phi) is 4.34. The van der Waals surface area contributed by atoms with Crippen LogP contribution in [0.1, 0.15) is 31.4 Å². The number of rotatable bonds is 2. The second-order valence-electron chi connectivity index (χ2n) is 7.92. The number of carbonyl (C=O) groups excluding carboxylic acids is 1. The van der Waals surface area contributed by atoms with Crippen molar-refractivity contribution in [3.05, 3.63) is 42.2 Å². The van der Waals surface area contributed by atoms with Crippen molar-refractivity contribution in [3.8, 4) is 11.1 Å². The highest BCUT2D eigenvalue weighted by molar-refractivity contribution is 6.03. The summed E-state index contributed by atoms with van der Waals surface area (Å²) >= 11 is 0. The largest absolute Gasteiger partial charge is 0.383 e. The predicted molar refractivity (Wildman–Crippen MR) is 116 cm³/mol. The number of carbonyl (C=O) groups is 1. The molecule has 0 unspecified atom stereocenters. The maximum atomic E-state index is 11.7. The predicted octanol–water partition coefficient (Wildman–Crippen LogP) is 3.12. The summed E-state index contributed by atoms with van der Waals surface area (Å²) in [4.78, 5) is 22.4. The van der Waals surface area contributed by atoms with E-state index in [9.17, 15) is 4.79 Å². The summed E-state index contributed by atoms with van der Waals surface area (Å²) in [5.74, 6) is 0.673. The van der Waals surface area contributed by atoms with E-state index in [1.807, 2.05) is 34.7 Å². The fraction of sp³-hybridized carbons (Fsp3) is 0.318. The summed E-state index contributed by atoms with van der Waals surface area (Å²) in [6.45, 7) is 5.07. The number of nitrogens with zero attached hydrogens (tertiary/aromatic N) is 6. The summed E-state index contributed by atoms with van der Waals surface area (Å²) in [5, 5.41) is 9.84. The maximum Gasteiger partial charge on any atom is 0.219 e. The van der Waals surface area contributed by atoms with E-state index < -0.39 is 0 Å². The van der Waals surface area contributed by atoms with E-state index in [0.717, 1.165) is 64.6 Å². The SMILES string of the molecule is CC(=O)N1CCC(n2nnc3cnc4ccc(-c5cnc(N)c(C)c5)cc4c32)CC1. The molecule has 4 aromatic rings. The van der Waals surface area contributed by atoms with Gasteiger partial charge < -0.3 is 10.6 Å². The molecule has 0 saturated carbocycles. The van der Waals surface area contributed by atoms with Gasteiger partial charge in [-0.15, -0.1) is 5.10 Å². The molecule has 30 heavy (non-hydrogen) atoms. The smallest absolute Gasteiger partial charge is 0.219 e. The van der Waals surface area contributed by atoms with Crippen molar-refractivity contribution in [3.63, 3.8) is 0 Å². The van der Waals surface area contributed by atoms with Crippen LogP contribution in [-0.2, 0) is 4.79 Å². The van der Waals surface area contributed by atoms with Crippen LogP contribution < -0.4 is 5.73 Å². The zero-order valence-electron chi connectivity index (χ0n) is 17.0. The molecule has 1 amide bonds. The number of benzene rings is 1. The lowest BCUT2D eigenvalue weighted by Gasteiger charge is -2.31. The molecule has 1 saturated heterocycles. The fourth-order valence-corrected chi connectivity index (χ4v) is 4.23. The van der Waals surface area contributed by atoms with Gasteiger partial charge in [0.15, 0.2) is 0 Å². The number of hydrogen-bond donors (Lipinski definition) is 1. The summed E-state index contributed by atoms with van der Waals surface area (Å²) in [6, 6.07) is 8.45. The van der Waals surface area contributed by atoms with Crippen LogP contribution in [0.5, 0.6) is 0 Å². The Morgan fingerprint density at radius 2 is 1.87 bits per heavy atom. The molecule has 3 aromatic heterocycles. The fourth-order valence-electron chi connectivity index (χ4n) is 4.23. The van der Waals surface area contributed by atoms with Gasteiger partial charge in [0.1, 0.15) is 16.9 Å². The van der Waals surface area contributed by atoms with E-state index in [0.29, 0.717) is 5.82 Å². The topological polar surface area (TPSA) is 103 Å². The minimum absolute atomic E-state index is 0.128. The first-order chi connectivity index (χ1) is 14.5. The van der Waals surface area contributed by atoms with E-state index in [1.165, 1.54) is 0 Å². The Morgan fingerprint density at radius 3 is 2.60 bits per heavy atom. The third-order valence-corrected chi connectivity index (χ3v) is 6.01. The second kappa shape index (κ2) is 7.05. The van der Waals surface area contributed by atoms with Gasteiger partial charge in [-0.25, -0.2) is 9.67 Å². The number of hydrogen-bond acceptors (Lipinski definition) is 6. The lowest BCUT2D eigenvalue weighted by Crippen LogP contribution is -2.37. The normalized spacial score (nSPS) is 15.2. The van der Waals surface area contributed by atoms with Crippen LogP contribution in [0.25, 0.3) is 33.1 Å². The molecule has 1 aliphatic rings. The quantitative estimate of drug-likeness (QED) is 0.554. The van der Waals surface area contributed by atoms with Gasteiger partial charge in [0.2, 0.25) is 5.91 Å². The number of pyridine rings is 2. The van der Waals surface area contributed by atoms with Crippen molar-refractivity contribution in [2.75, 3.05) is 18.8 Å². The molecule has 1 aliphatic heterocycles. The highest BCUT2D eigenvalue weighted by Gasteiger charge is 2.25. The van der Waals surface area contributed by atoms with Crippen LogP contribution in [0.15, 0.2) is 36.7 Å². The number of likely N-dealkylation sites (tertiary alicyclic amines) is 1. The average Bonchev–Trinajstić information content (AvgIpc) is 3.20. The van der Waals surface area contributed by atoms with E-state index in [4.69, 9.17) is 5.73 Å². The highest BCUT2D eigenvalue weighted by Crippen LogP contribution is 2.32. The Morgan fingerprint density at radius 1 is 1.07 bits per heavy atom. The van der Waals surface area contributed by atoms with Gasteiger partial charge in [0.05, 0.1) is 17.8 Å². The third kappa shape index (κ3) is 3.04. The van der Waals surface area contributed by atoms with E-state index in [2.05, 4.69) is 26.3 Å². The van der Waals surface area contributed by atoms with Crippen molar-refractivity contribution in [2.24, 2.45) is 0 Å². The molecular formula is C22H23N7O. The number of piperidine rings is 1. The molecular weight excluding hydrogens is 378 g/mol. The maximum absolute atomic E-state index is 11.7. The molecule has 1 aromatic carbocycles. The monoisotopic (exact) mass is 401 g/mol. The van der Waals surface area contributed by atoms with Crippen molar-refractivity contribution in [1.82, 2.24) is 29.9 Å². The molecule has 4 heterocycles. The molecule has 0 bridgehead atoms. The first kappa shape index (κ1) is 18.5. The zero-order chi connectivity index (χ0) is 20.8. The van der Waals surface area contributed by atoms with Crippen molar-refractivity contribution < 1.29 is 4.79 Å².